The standard InChI is InChI=1S/C18H25N3O2/c22-11-3-4-14-7-8-15-13-21(10-9-20(15)12-14)18-16-5-1-2-6-17(16)23-19-18/h1-2,5-6,14-15,22H,3-4,7-13H2/t14-,15-/m1/s1. The summed E-state index contributed by atoms with van der Waals surface area (Å²) in [7, 11) is 0. The maximum atomic E-state index is 9.02. The molecule has 4 rings (SSSR count). The summed E-state index contributed by atoms with van der Waals surface area (Å²) in [6, 6.07) is 8.74. The Hall–Kier alpha value is -1.59. The molecule has 1 N–H and O–H groups in total. The number of aliphatic hydroxyl groups is 1. The second-order valence-electron chi connectivity index (χ2n) is 6.91. The molecule has 0 amide bonds. The van der Waals surface area contributed by atoms with Crippen LogP contribution in [0.3, 0.4) is 0 Å². The Morgan fingerprint density at radius 3 is 3.00 bits per heavy atom. The first-order valence-electron chi connectivity index (χ1n) is 8.79. The maximum Gasteiger partial charge on any atom is 0.180 e. The summed E-state index contributed by atoms with van der Waals surface area (Å²) in [6.07, 6.45) is 4.65. The number of piperazine rings is 1. The summed E-state index contributed by atoms with van der Waals surface area (Å²) >= 11 is 0. The Balaban J connectivity index is 1.44. The largest absolute Gasteiger partial charge is 0.396 e. The van der Waals surface area contributed by atoms with E-state index in [2.05, 4.69) is 21.0 Å². The normalized spacial score (nSPS) is 25.7. The number of piperidine rings is 1. The van der Waals surface area contributed by atoms with Crippen molar-refractivity contribution in [3.63, 3.8) is 0 Å². The van der Waals surface area contributed by atoms with E-state index in [1.165, 1.54) is 19.4 Å². The van der Waals surface area contributed by atoms with Gasteiger partial charge in [0.1, 0.15) is 0 Å². The van der Waals surface area contributed by atoms with Gasteiger partial charge in [-0.05, 0) is 43.7 Å². The van der Waals surface area contributed by atoms with Crippen molar-refractivity contribution < 1.29 is 9.63 Å². The summed E-state index contributed by atoms with van der Waals surface area (Å²) in [5.41, 5.74) is 0.873. The number of hydrogen-bond donors (Lipinski definition) is 1. The van der Waals surface area contributed by atoms with Crippen LogP contribution < -0.4 is 4.90 Å². The minimum absolute atomic E-state index is 0.326. The highest BCUT2D eigenvalue weighted by atomic mass is 16.5. The molecule has 0 unspecified atom stereocenters. The number of fused-ring (bicyclic) bond motifs is 2. The lowest BCUT2D eigenvalue weighted by atomic mass is 9.88. The van der Waals surface area contributed by atoms with Crippen LogP contribution in [-0.2, 0) is 0 Å². The smallest absolute Gasteiger partial charge is 0.180 e. The second kappa shape index (κ2) is 6.49. The van der Waals surface area contributed by atoms with Gasteiger partial charge in [-0.2, -0.15) is 0 Å². The lowest BCUT2D eigenvalue weighted by Gasteiger charge is -2.46. The van der Waals surface area contributed by atoms with E-state index in [4.69, 9.17) is 9.63 Å². The molecule has 5 nitrogen and oxygen atoms in total. The molecule has 0 bridgehead atoms. The van der Waals surface area contributed by atoms with Crippen LogP contribution >= 0.6 is 0 Å². The minimum atomic E-state index is 0.326. The molecule has 124 valence electrons. The molecular weight excluding hydrogens is 290 g/mol. The van der Waals surface area contributed by atoms with Gasteiger partial charge in [-0.15, -0.1) is 0 Å². The van der Waals surface area contributed by atoms with Gasteiger partial charge in [0, 0.05) is 38.8 Å². The molecule has 1 aromatic heterocycles. The van der Waals surface area contributed by atoms with E-state index in [-0.39, 0.29) is 0 Å². The highest BCUT2D eigenvalue weighted by Crippen LogP contribution is 2.32. The Labute approximate surface area is 136 Å². The third-order valence-corrected chi connectivity index (χ3v) is 5.43. The number of benzene rings is 1. The molecule has 23 heavy (non-hydrogen) atoms. The topological polar surface area (TPSA) is 52.7 Å². The molecule has 2 aromatic rings. The van der Waals surface area contributed by atoms with Gasteiger partial charge in [-0.3, -0.25) is 4.90 Å². The molecule has 3 heterocycles. The zero-order valence-electron chi connectivity index (χ0n) is 13.5. The van der Waals surface area contributed by atoms with Crippen LogP contribution in [0.4, 0.5) is 5.82 Å². The number of para-hydroxylation sites is 1. The number of nitrogens with zero attached hydrogens (tertiary/aromatic N) is 3. The molecule has 0 spiro atoms. The quantitative estimate of drug-likeness (QED) is 0.939. The van der Waals surface area contributed by atoms with Crippen LogP contribution in [0.25, 0.3) is 11.0 Å². The monoisotopic (exact) mass is 315 g/mol. The van der Waals surface area contributed by atoms with Crippen LogP contribution in [0.15, 0.2) is 28.8 Å². The number of rotatable bonds is 4. The Bertz CT molecular complexity index is 657. The van der Waals surface area contributed by atoms with Crippen LogP contribution in [0.5, 0.6) is 0 Å². The van der Waals surface area contributed by atoms with Crippen molar-refractivity contribution in [2.45, 2.75) is 31.7 Å². The fraction of sp³-hybridized carbons (Fsp3) is 0.611. The van der Waals surface area contributed by atoms with E-state index in [0.717, 1.165) is 55.2 Å². The lowest BCUT2D eigenvalue weighted by molar-refractivity contribution is 0.0886. The van der Waals surface area contributed by atoms with Crippen molar-refractivity contribution in [3.05, 3.63) is 24.3 Å². The van der Waals surface area contributed by atoms with Gasteiger partial charge in [-0.1, -0.05) is 17.3 Å². The molecule has 5 heteroatoms. The molecule has 0 saturated carbocycles. The Kier molecular flexibility index (Phi) is 4.23. The van der Waals surface area contributed by atoms with Gasteiger partial charge in [0.05, 0.1) is 5.39 Å². The molecule has 2 atom stereocenters. The highest BCUT2D eigenvalue weighted by molar-refractivity contribution is 5.88. The average molecular weight is 315 g/mol. The summed E-state index contributed by atoms with van der Waals surface area (Å²) in [4.78, 5) is 5.03. The molecular formula is C18H25N3O2. The summed E-state index contributed by atoms with van der Waals surface area (Å²) in [5.74, 6) is 1.76. The van der Waals surface area contributed by atoms with E-state index in [9.17, 15) is 0 Å². The first-order valence-corrected chi connectivity index (χ1v) is 8.79. The van der Waals surface area contributed by atoms with E-state index >= 15 is 0 Å². The molecule has 2 saturated heterocycles. The molecule has 2 aliphatic rings. The number of anilines is 1. The van der Waals surface area contributed by atoms with Crippen LogP contribution in [0.2, 0.25) is 0 Å². The van der Waals surface area contributed by atoms with Crippen molar-refractivity contribution in [2.75, 3.05) is 37.7 Å². The third kappa shape index (κ3) is 2.95. The summed E-state index contributed by atoms with van der Waals surface area (Å²) < 4.78 is 5.47. The van der Waals surface area contributed by atoms with Gasteiger partial charge >= 0.3 is 0 Å². The van der Waals surface area contributed by atoms with Crippen molar-refractivity contribution >= 4 is 16.8 Å². The van der Waals surface area contributed by atoms with Crippen LogP contribution in [-0.4, -0.2) is 54.0 Å². The summed E-state index contributed by atoms with van der Waals surface area (Å²) in [5, 5.41) is 14.5. The fourth-order valence-corrected chi connectivity index (χ4v) is 4.17. The lowest BCUT2D eigenvalue weighted by Crippen LogP contribution is -2.56. The van der Waals surface area contributed by atoms with Crippen molar-refractivity contribution in [1.82, 2.24) is 10.1 Å². The highest BCUT2D eigenvalue weighted by Gasteiger charge is 2.33. The number of aliphatic hydroxyl groups excluding tert-OH is 1. The summed E-state index contributed by atoms with van der Waals surface area (Å²) in [6.45, 7) is 4.68. The molecule has 2 fully saturated rings. The van der Waals surface area contributed by atoms with Gasteiger partial charge in [0.2, 0.25) is 0 Å². The predicted octanol–water partition coefficient (Wildman–Crippen LogP) is 2.50. The van der Waals surface area contributed by atoms with Crippen molar-refractivity contribution in [2.24, 2.45) is 5.92 Å². The van der Waals surface area contributed by atoms with E-state index < -0.39 is 0 Å². The van der Waals surface area contributed by atoms with Gasteiger partial charge in [0.15, 0.2) is 11.4 Å². The fourth-order valence-electron chi connectivity index (χ4n) is 4.17. The van der Waals surface area contributed by atoms with Crippen molar-refractivity contribution in [3.8, 4) is 0 Å². The van der Waals surface area contributed by atoms with Crippen LogP contribution in [0, 0.1) is 5.92 Å². The Morgan fingerprint density at radius 1 is 1.17 bits per heavy atom. The number of hydrogen-bond acceptors (Lipinski definition) is 5. The first-order chi connectivity index (χ1) is 11.3. The molecule has 2 aliphatic heterocycles. The third-order valence-electron chi connectivity index (χ3n) is 5.43. The van der Waals surface area contributed by atoms with Crippen molar-refractivity contribution in [1.29, 1.82) is 0 Å². The van der Waals surface area contributed by atoms with Crippen LogP contribution in [0.1, 0.15) is 25.7 Å². The SMILES string of the molecule is OCCC[C@@H]1CC[C@@H]2CN(c3noc4ccccc34)CCN2C1. The van der Waals surface area contributed by atoms with E-state index in [1.54, 1.807) is 0 Å². The molecule has 0 radical (unpaired) electrons. The van der Waals surface area contributed by atoms with Gasteiger partial charge < -0.3 is 14.5 Å². The zero-order valence-corrected chi connectivity index (χ0v) is 13.5. The van der Waals surface area contributed by atoms with Gasteiger partial charge in [-0.25, -0.2) is 0 Å². The minimum Gasteiger partial charge on any atom is -0.396 e. The predicted molar refractivity (Wildman–Crippen MR) is 90.6 cm³/mol. The average Bonchev–Trinajstić information content (AvgIpc) is 3.03. The molecule has 0 aliphatic carbocycles. The Morgan fingerprint density at radius 2 is 2.09 bits per heavy atom. The zero-order chi connectivity index (χ0) is 15.6. The molecule has 1 aromatic carbocycles. The second-order valence-corrected chi connectivity index (χ2v) is 6.91. The number of aromatic nitrogens is 1. The maximum absolute atomic E-state index is 9.02. The first kappa shape index (κ1) is 15.0. The van der Waals surface area contributed by atoms with Gasteiger partial charge in [0.25, 0.3) is 0 Å². The van der Waals surface area contributed by atoms with E-state index in [1.807, 2.05) is 18.2 Å². The van der Waals surface area contributed by atoms with E-state index in [0.29, 0.717) is 12.6 Å².